The summed E-state index contributed by atoms with van der Waals surface area (Å²) >= 11 is 0. The number of rotatable bonds is 8. The first-order chi connectivity index (χ1) is 12.0. The molecule has 0 saturated heterocycles. The quantitative estimate of drug-likeness (QED) is 0.779. The highest BCUT2D eigenvalue weighted by Crippen LogP contribution is 2.23. The van der Waals surface area contributed by atoms with Crippen molar-refractivity contribution in [1.29, 1.82) is 0 Å². The molecule has 0 fully saturated rings. The van der Waals surface area contributed by atoms with E-state index in [1.54, 1.807) is 7.11 Å². The third-order valence-corrected chi connectivity index (χ3v) is 3.95. The molecule has 2 aromatic carbocycles. The van der Waals surface area contributed by atoms with Gasteiger partial charge in [-0.05, 0) is 49.1 Å². The summed E-state index contributed by atoms with van der Waals surface area (Å²) < 4.78 is 10.8. The summed E-state index contributed by atoms with van der Waals surface area (Å²) in [5, 5.41) is 3.08. The zero-order chi connectivity index (χ0) is 18.2. The van der Waals surface area contributed by atoms with Gasteiger partial charge in [0.25, 0.3) is 5.91 Å². The Balaban J connectivity index is 1.97. The van der Waals surface area contributed by atoms with Crippen LogP contribution in [0.1, 0.15) is 37.4 Å². The van der Waals surface area contributed by atoms with Crippen LogP contribution in [0.4, 0.5) is 0 Å². The zero-order valence-electron chi connectivity index (χ0n) is 15.4. The van der Waals surface area contributed by atoms with Crippen LogP contribution in [0.2, 0.25) is 0 Å². The maximum absolute atomic E-state index is 12.3. The van der Waals surface area contributed by atoms with Crippen molar-refractivity contribution >= 4 is 5.91 Å². The smallest absolute Gasteiger partial charge is 0.258 e. The van der Waals surface area contributed by atoms with Crippen LogP contribution in [0.5, 0.6) is 11.5 Å². The van der Waals surface area contributed by atoms with Crippen molar-refractivity contribution in [2.45, 2.75) is 33.2 Å². The number of hydrogen-bond acceptors (Lipinski definition) is 3. The second kappa shape index (κ2) is 9.11. The molecule has 1 amide bonds. The van der Waals surface area contributed by atoms with Crippen LogP contribution >= 0.6 is 0 Å². The molecule has 2 rings (SSSR count). The van der Waals surface area contributed by atoms with Gasteiger partial charge in [-0.25, -0.2) is 0 Å². The molecular weight excluding hydrogens is 314 g/mol. The van der Waals surface area contributed by atoms with Gasteiger partial charge >= 0.3 is 0 Å². The summed E-state index contributed by atoms with van der Waals surface area (Å²) in [4.78, 5) is 12.3. The molecule has 0 aliphatic rings. The maximum atomic E-state index is 12.3. The van der Waals surface area contributed by atoms with E-state index < -0.39 is 0 Å². The minimum atomic E-state index is -0.123. The van der Waals surface area contributed by atoms with E-state index in [2.05, 4.69) is 19.2 Å². The van der Waals surface area contributed by atoms with E-state index in [1.807, 2.05) is 55.5 Å². The number of carbonyl (C=O) groups is 1. The molecule has 0 aromatic heterocycles. The molecule has 0 unspecified atom stereocenters. The Kier molecular flexibility index (Phi) is 6.87. The molecule has 0 heterocycles. The number of carbonyl (C=O) groups excluding carboxylic acids is 1. The number of nitrogens with one attached hydrogen (secondary N) is 1. The largest absolute Gasteiger partial charge is 0.497 e. The van der Waals surface area contributed by atoms with Crippen LogP contribution in [-0.4, -0.2) is 19.6 Å². The van der Waals surface area contributed by atoms with Crippen molar-refractivity contribution in [1.82, 2.24) is 5.32 Å². The van der Waals surface area contributed by atoms with Crippen molar-refractivity contribution in [3.63, 3.8) is 0 Å². The minimum Gasteiger partial charge on any atom is -0.497 e. The summed E-state index contributed by atoms with van der Waals surface area (Å²) in [5.74, 6) is 1.85. The van der Waals surface area contributed by atoms with Gasteiger partial charge in [0, 0.05) is 0 Å². The fraction of sp³-hybridized carbons (Fsp3) is 0.381. The van der Waals surface area contributed by atoms with E-state index in [0.29, 0.717) is 11.7 Å². The molecule has 0 saturated carbocycles. The van der Waals surface area contributed by atoms with Gasteiger partial charge in [0.05, 0.1) is 13.2 Å². The normalized spacial score (nSPS) is 11.9. The Hall–Kier alpha value is -2.49. The summed E-state index contributed by atoms with van der Waals surface area (Å²) in [6.45, 7) is 6.31. The van der Waals surface area contributed by atoms with Gasteiger partial charge in [0.2, 0.25) is 0 Å². The van der Waals surface area contributed by atoms with E-state index >= 15 is 0 Å². The molecule has 134 valence electrons. The molecule has 4 nitrogen and oxygen atoms in total. The van der Waals surface area contributed by atoms with Gasteiger partial charge in [-0.15, -0.1) is 0 Å². The topological polar surface area (TPSA) is 47.6 Å². The highest BCUT2D eigenvalue weighted by atomic mass is 16.5. The van der Waals surface area contributed by atoms with Crippen LogP contribution in [0, 0.1) is 12.8 Å². The lowest BCUT2D eigenvalue weighted by molar-refractivity contribution is -0.124. The lowest BCUT2D eigenvalue weighted by Gasteiger charge is -2.21. The third-order valence-electron chi connectivity index (χ3n) is 3.95. The zero-order valence-corrected chi connectivity index (χ0v) is 15.4. The monoisotopic (exact) mass is 341 g/mol. The molecule has 1 atom stereocenters. The van der Waals surface area contributed by atoms with Crippen LogP contribution in [0.25, 0.3) is 0 Å². The minimum absolute atomic E-state index is 0.00775. The lowest BCUT2D eigenvalue weighted by Crippen LogP contribution is -2.33. The number of methoxy groups -OCH3 is 1. The SMILES string of the molecule is COc1ccc([C@H](CC(C)C)NC(=O)COc2ccc(C)cc2)cc1. The van der Waals surface area contributed by atoms with Crippen molar-refractivity contribution in [3.05, 3.63) is 59.7 Å². The maximum Gasteiger partial charge on any atom is 0.258 e. The van der Waals surface area contributed by atoms with Crippen LogP contribution in [-0.2, 0) is 4.79 Å². The molecule has 0 aliphatic carbocycles. The van der Waals surface area contributed by atoms with E-state index in [-0.39, 0.29) is 18.6 Å². The highest BCUT2D eigenvalue weighted by Gasteiger charge is 2.16. The standard InChI is InChI=1S/C21H27NO3/c1-15(2)13-20(17-7-11-18(24-4)12-8-17)22-21(23)14-25-19-9-5-16(3)6-10-19/h5-12,15,20H,13-14H2,1-4H3,(H,22,23)/t20-/m0/s1. The molecule has 2 aromatic rings. The summed E-state index contributed by atoms with van der Waals surface area (Å²) in [7, 11) is 1.64. The fourth-order valence-corrected chi connectivity index (χ4v) is 2.61. The van der Waals surface area contributed by atoms with Crippen molar-refractivity contribution in [3.8, 4) is 11.5 Å². The summed E-state index contributed by atoms with van der Waals surface area (Å²) in [6, 6.07) is 15.4. The Morgan fingerprint density at radius 2 is 1.60 bits per heavy atom. The molecular formula is C21H27NO3. The Labute approximate surface area is 150 Å². The van der Waals surface area contributed by atoms with E-state index in [0.717, 1.165) is 23.3 Å². The van der Waals surface area contributed by atoms with Crippen LogP contribution < -0.4 is 14.8 Å². The molecule has 25 heavy (non-hydrogen) atoms. The predicted octanol–water partition coefficient (Wildman–Crippen LogP) is 4.29. The van der Waals surface area contributed by atoms with E-state index in [9.17, 15) is 4.79 Å². The highest BCUT2D eigenvalue weighted by molar-refractivity contribution is 5.78. The van der Waals surface area contributed by atoms with Gasteiger partial charge in [-0.2, -0.15) is 0 Å². The van der Waals surface area contributed by atoms with Gasteiger partial charge in [0.15, 0.2) is 6.61 Å². The first-order valence-corrected chi connectivity index (χ1v) is 8.60. The van der Waals surface area contributed by atoms with Crippen molar-refractivity contribution < 1.29 is 14.3 Å². The average Bonchev–Trinajstić information content (AvgIpc) is 2.60. The first-order valence-electron chi connectivity index (χ1n) is 8.60. The first kappa shape index (κ1) is 18.8. The van der Waals surface area contributed by atoms with Crippen molar-refractivity contribution in [2.24, 2.45) is 5.92 Å². The molecule has 0 radical (unpaired) electrons. The molecule has 1 N–H and O–H groups in total. The Bertz CT molecular complexity index is 663. The molecule has 0 bridgehead atoms. The van der Waals surface area contributed by atoms with Gasteiger partial charge in [-0.3, -0.25) is 4.79 Å². The molecule has 0 spiro atoms. The van der Waals surface area contributed by atoms with Crippen LogP contribution in [0.15, 0.2) is 48.5 Å². The third kappa shape index (κ3) is 6.14. The van der Waals surface area contributed by atoms with Crippen LogP contribution in [0.3, 0.4) is 0 Å². The summed E-state index contributed by atoms with van der Waals surface area (Å²) in [6.07, 6.45) is 0.864. The van der Waals surface area contributed by atoms with Gasteiger partial charge in [-0.1, -0.05) is 43.7 Å². The lowest BCUT2D eigenvalue weighted by atomic mass is 9.97. The van der Waals surface area contributed by atoms with Gasteiger partial charge in [0.1, 0.15) is 11.5 Å². The molecule has 4 heteroatoms. The number of ether oxygens (including phenoxy) is 2. The van der Waals surface area contributed by atoms with Gasteiger partial charge < -0.3 is 14.8 Å². The van der Waals surface area contributed by atoms with E-state index in [4.69, 9.17) is 9.47 Å². The molecule has 0 aliphatic heterocycles. The number of aryl methyl sites for hydroxylation is 1. The van der Waals surface area contributed by atoms with E-state index in [1.165, 1.54) is 0 Å². The number of amides is 1. The summed E-state index contributed by atoms with van der Waals surface area (Å²) in [5.41, 5.74) is 2.23. The number of hydrogen-bond donors (Lipinski definition) is 1. The Morgan fingerprint density at radius 1 is 1.00 bits per heavy atom. The predicted molar refractivity (Wildman–Crippen MR) is 100 cm³/mol. The van der Waals surface area contributed by atoms with Crippen molar-refractivity contribution in [2.75, 3.05) is 13.7 Å². The second-order valence-corrected chi connectivity index (χ2v) is 6.62. The average molecular weight is 341 g/mol. The second-order valence-electron chi connectivity index (χ2n) is 6.62. The number of benzene rings is 2. The Morgan fingerprint density at radius 3 is 2.16 bits per heavy atom. The fourth-order valence-electron chi connectivity index (χ4n) is 2.61.